The van der Waals surface area contributed by atoms with Crippen LogP contribution >= 0.6 is 0 Å². The van der Waals surface area contributed by atoms with Crippen molar-refractivity contribution in [2.45, 2.75) is 31.7 Å². The fourth-order valence-corrected chi connectivity index (χ4v) is 4.24. The van der Waals surface area contributed by atoms with Crippen molar-refractivity contribution in [2.75, 3.05) is 38.7 Å². The Morgan fingerprint density at radius 3 is 2.92 bits per heavy atom. The highest BCUT2D eigenvalue weighted by Gasteiger charge is 2.31. The van der Waals surface area contributed by atoms with Crippen LogP contribution in [0.15, 0.2) is 18.2 Å². The van der Waals surface area contributed by atoms with E-state index in [2.05, 4.69) is 28.0 Å². The normalized spacial score (nSPS) is 22.5. The molecule has 1 atom stereocenters. The van der Waals surface area contributed by atoms with Gasteiger partial charge in [-0.1, -0.05) is 6.42 Å². The Balaban J connectivity index is 1.57. The maximum Gasteiger partial charge on any atom is 0.163 e. The van der Waals surface area contributed by atoms with Gasteiger partial charge >= 0.3 is 0 Å². The molecule has 25 heavy (non-hydrogen) atoms. The highest BCUT2D eigenvalue weighted by molar-refractivity contribution is 5.59. The van der Waals surface area contributed by atoms with Gasteiger partial charge in [-0.2, -0.15) is 5.10 Å². The second kappa shape index (κ2) is 5.95. The lowest BCUT2D eigenvalue weighted by Crippen LogP contribution is -2.30. The first-order valence-corrected chi connectivity index (χ1v) is 9.27. The molecule has 6 nitrogen and oxygen atoms in total. The van der Waals surface area contributed by atoms with E-state index in [0.29, 0.717) is 19.3 Å². The summed E-state index contributed by atoms with van der Waals surface area (Å²) in [7, 11) is 2.22. The van der Waals surface area contributed by atoms with Gasteiger partial charge in [-0.05, 0) is 45.0 Å². The van der Waals surface area contributed by atoms with E-state index in [1.807, 2.05) is 12.1 Å². The largest absolute Gasteiger partial charge is 0.486 e. The molecule has 3 aliphatic rings. The molecule has 2 aromatic rings. The highest BCUT2D eigenvalue weighted by Crippen LogP contribution is 2.39. The molecule has 0 spiro atoms. The molecule has 1 N–H and O–H groups in total. The second-order valence-electron chi connectivity index (χ2n) is 7.12. The third-order valence-electron chi connectivity index (χ3n) is 5.54. The predicted octanol–water partition coefficient (Wildman–Crippen LogP) is 2.77. The molecule has 0 radical (unpaired) electrons. The molecule has 0 saturated carbocycles. The summed E-state index contributed by atoms with van der Waals surface area (Å²) in [5.74, 6) is 2.77. The number of likely N-dealkylation sites (tertiary alicyclic amines) is 1. The van der Waals surface area contributed by atoms with Crippen molar-refractivity contribution >= 4 is 5.82 Å². The van der Waals surface area contributed by atoms with Crippen molar-refractivity contribution in [1.29, 1.82) is 0 Å². The molecule has 1 aromatic carbocycles. The number of ether oxygens (including phenoxy) is 2. The Bertz CT molecular complexity index is 801. The van der Waals surface area contributed by atoms with Gasteiger partial charge in [0.1, 0.15) is 19.0 Å². The van der Waals surface area contributed by atoms with E-state index >= 15 is 0 Å². The summed E-state index contributed by atoms with van der Waals surface area (Å²) in [6.07, 6.45) is 4.82. The van der Waals surface area contributed by atoms with Crippen molar-refractivity contribution in [3.8, 4) is 17.2 Å². The first-order valence-electron chi connectivity index (χ1n) is 9.27. The summed E-state index contributed by atoms with van der Waals surface area (Å²) in [4.78, 5) is 2.46. The molecule has 1 unspecified atom stereocenters. The standard InChI is InChI=1S/C19H24N4O2/c1-22-9-3-2-4-15(22)18-14-7-8-20-19(14)23(21-18)13-5-6-16-17(12-13)25-11-10-24-16/h5-6,12,15,20H,2-4,7-11H2,1H3. The predicted molar refractivity (Wildman–Crippen MR) is 96.0 cm³/mol. The van der Waals surface area contributed by atoms with Gasteiger partial charge in [0.15, 0.2) is 11.5 Å². The van der Waals surface area contributed by atoms with Gasteiger partial charge < -0.3 is 14.8 Å². The maximum absolute atomic E-state index is 5.75. The molecular weight excluding hydrogens is 316 g/mol. The van der Waals surface area contributed by atoms with Crippen LogP contribution in [0.1, 0.15) is 36.6 Å². The molecule has 132 valence electrons. The minimum atomic E-state index is 0.431. The Labute approximate surface area is 147 Å². The molecule has 0 aliphatic carbocycles. The number of piperidine rings is 1. The number of anilines is 1. The van der Waals surface area contributed by atoms with E-state index in [9.17, 15) is 0 Å². The molecule has 0 amide bonds. The zero-order valence-corrected chi connectivity index (χ0v) is 14.6. The molecule has 4 heterocycles. The number of rotatable bonds is 2. The van der Waals surface area contributed by atoms with E-state index < -0.39 is 0 Å². The van der Waals surface area contributed by atoms with Gasteiger partial charge in [-0.15, -0.1) is 0 Å². The number of fused-ring (bicyclic) bond motifs is 2. The van der Waals surface area contributed by atoms with Crippen molar-refractivity contribution in [2.24, 2.45) is 0 Å². The minimum absolute atomic E-state index is 0.431. The van der Waals surface area contributed by atoms with E-state index in [4.69, 9.17) is 14.6 Å². The summed E-state index contributed by atoms with van der Waals surface area (Å²) in [5.41, 5.74) is 3.66. The first-order chi connectivity index (χ1) is 12.3. The Morgan fingerprint density at radius 1 is 1.16 bits per heavy atom. The third kappa shape index (κ3) is 2.47. The second-order valence-corrected chi connectivity index (χ2v) is 7.12. The van der Waals surface area contributed by atoms with Gasteiger partial charge in [-0.3, -0.25) is 4.90 Å². The number of nitrogens with zero attached hydrogens (tertiary/aromatic N) is 3. The number of hydrogen-bond acceptors (Lipinski definition) is 5. The van der Waals surface area contributed by atoms with Crippen LogP contribution in [0.2, 0.25) is 0 Å². The quantitative estimate of drug-likeness (QED) is 0.911. The average molecular weight is 340 g/mol. The van der Waals surface area contributed by atoms with Crippen LogP contribution < -0.4 is 14.8 Å². The van der Waals surface area contributed by atoms with Crippen LogP contribution in [0.25, 0.3) is 5.69 Å². The zero-order valence-electron chi connectivity index (χ0n) is 14.6. The molecule has 5 rings (SSSR count). The van der Waals surface area contributed by atoms with Crippen molar-refractivity contribution in [1.82, 2.24) is 14.7 Å². The molecule has 1 aromatic heterocycles. The lowest BCUT2D eigenvalue weighted by molar-refractivity contribution is 0.171. The van der Waals surface area contributed by atoms with Crippen LogP contribution in [0.3, 0.4) is 0 Å². The third-order valence-corrected chi connectivity index (χ3v) is 5.54. The smallest absolute Gasteiger partial charge is 0.163 e. The summed E-state index contributed by atoms with van der Waals surface area (Å²) < 4.78 is 13.4. The average Bonchev–Trinajstić information content (AvgIpc) is 3.25. The van der Waals surface area contributed by atoms with E-state index in [-0.39, 0.29) is 0 Å². The number of aromatic nitrogens is 2. The van der Waals surface area contributed by atoms with Crippen molar-refractivity contribution in [3.05, 3.63) is 29.5 Å². The summed E-state index contributed by atoms with van der Waals surface area (Å²) in [5, 5.41) is 8.57. The molecule has 1 fully saturated rings. The molecular formula is C19H24N4O2. The van der Waals surface area contributed by atoms with E-state index in [0.717, 1.165) is 42.5 Å². The number of benzene rings is 1. The van der Waals surface area contributed by atoms with Crippen LogP contribution in [0, 0.1) is 0 Å². The Hall–Kier alpha value is -2.21. The molecule has 3 aliphatic heterocycles. The van der Waals surface area contributed by atoms with Gasteiger partial charge in [0, 0.05) is 18.2 Å². The van der Waals surface area contributed by atoms with Gasteiger partial charge in [0.05, 0.1) is 17.4 Å². The molecule has 0 bridgehead atoms. The summed E-state index contributed by atoms with van der Waals surface area (Å²) in [6.45, 7) is 3.36. The maximum atomic E-state index is 5.75. The topological polar surface area (TPSA) is 51.6 Å². The van der Waals surface area contributed by atoms with Crippen molar-refractivity contribution < 1.29 is 9.47 Å². The zero-order chi connectivity index (χ0) is 16.8. The van der Waals surface area contributed by atoms with Crippen LogP contribution in [0.4, 0.5) is 5.82 Å². The van der Waals surface area contributed by atoms with Crippen LogP contribution in [0.5, 0.6) is 11.5 Å². The monoisotopic (exact) mass is 340 g/mol. The number of hydrogen-bond donors (Lipinski definition) is 1. The SMILES string of the molecule is CN1CCCCC1c1nn(-c2ccc3c(c2)OCCO3)c2c1CCN2. The minimum Gasteiger partial charge on any atom is -0.486 e. The van der Waals surface area contributed by atoms with Gasteiger partial charge in [0.2, 0.25) is 0 Å². The first kappa shape index (κ1) is 15.1. The van der Waals surface area contributed by atoms with E-state index in [1.165, 1.54) is 30.5 Å². The summed E-state index contributed by atoms with van der Waals surface area (Å²) >= 11 is 0. The number of nitrogens with one attached hydrogen (secondary N) is 1. The van der Waals surface area contributed by atoms with Gasteiger partial charge in [-0.25, -0.2) is 4.68 Å². The Morgan fingerprint density at radius 2 is 2.04 bits per heavy atom. The lowest BCUT2D eigenvalue weighted by atomic mass is 9.97. The summed E-state index contributed by atoms with van der Waals surface area (Å²) in [6, 6.07) is 6.52. The highest BCUT2D eigenvalue weighted by atomic mass is 16.6. The van der Waals surface area contributed by atoms with Gasteiger partial charge in [0.25, 0.3) is 0 Å². The lowest BCUT2D eigenvalue weighted by Gasteiger charge is -2.31. The fraction of sp³-hybridized carbons (Fsp3) is 0.526. The fourth-order valence-electron chi connectivity index (χ4n) is 4.24. The van der Waals surface area contributed by atoms with Crippen LogP contribution in [-0.4, -0.2) is 48.0 Å². The van der Waals surface area contributed by atoms with Crippen LogP contribution in [-0.2, 0) is 6.42 Å². The van der Waals surface area contributed by atoms with Crippen molar-refractivity contribution in [3.63, 3.8) is 0 Å². The van der Waals surface area contributed by atoms with E-state index in [1.54, 1.807) is 0 Å². The Kier molecular flexibility index (Phi) is 3.59. The molecule has 1 saturated heterocycles. The molecule has 6 heteroatoms.